The molecule has 0 aliphatic rings. The van der Waals surface area contributed by atoms with E-state index >= 15 is 0 Å². The van der Waals surface area contributed by atoms with Crippen molar-refractivity contribution in [3.05, 3.63) is 57.8 Å². The van der Waals surface area contributed by atoms with E-state index in [-0.39, 0.29) is 41.5 Å². The summed E-state index contributed by atoms with van der Waals surface area (Å²) in [6.07, 6.45) is 2.26. The molecule has 30 heavy (non-hydrogen) atoms. The Morgan fingerprint density at radius 3 is 2.57 bits per heavy atom. The van der Waals surface area contributed by atoms with Crippen LogP contribution >= 0.6 is 0 Å². The number of ether oxygens (including phenoxy) is 1. The van der Waals surface area contributed by atoms with Crippen LogP contribution in [0.5, 0.6) is 0 Å². The number of aryl methyl sites for hydroxylation is 1. The summed E-state index contributed by atoms with van der Waals surface area (Å²) in [7, 11) is 0. The molecule has 1 aromatic carbocycles. The van der Waals surface area contributed by atoms with Gasteiger partial charge in [0, 0.05) is 5.69 Å². The molecule has 3 aromatic rings. The van der Waals surface area contributed by atoms with Gasteiger partial charge in [-0.15, -0.1) is 0 Å². The maximum atomic E-state index is 12.9. The number of rotatable bonds is 7. The number of furan rings is 1. The van der Waals surface area contributed by atoms with Gasteiger partial charge in [-0.2, -0.15) is 0 Å². The zero-order valence-corrected chi connectivity index (χ0v) is 17.5. The van der Waals surface area contributed by atoms with Gasteiger partial charge in [-0.3, -0.25) is 14.2 Å². The molecule has 1 N–H and O–H groups in total. The molecule has 0 radical (unpaired) electrons. The Morgan fingerprint density at radius 1 is 1.23 bits per heavy atom. The Hall–Kier alpha value is -3.42. The predicted octanol–water partition coefficient (Wildman–Crippen LogP) is 3.63. The van der Waals surface area contributed by atoms with Crippen molar-refractivity contribution in [1.29, 1.82) is 0 Å². The molecule has 0 spiro atoms. The van der Waals surface area contributed by atoms with Crippen LogP contribution in [0.3, 0.4) is 0 Å². The van der Waals surface area contributed by atoms with Gasteiger partial charge in [-0.05, 0) is 43.9 Å². The normalized spacial score (nSPS) is 12.0. The van der Waals surface area contributed by atoms with E-state index in [4.69, 9.17) is 9.15 Å². The summed E-state index contributed by atoms with van der Waals surface area (Å²) in [4.78, 5) is 41.6. The van der Waals surface area contributed by atoms with Gasteiger partial charge >= 0.3 is 5.97 Å². The molecule has 3 rings (SSSR count). The van der Waals surface area contributed by atoms with Gasteiger partial charge in [0.1, 0.15) is 29.6 Å². The molecule has 8 nitrogen and oxygen atoms in total. The molecule has 0 saturated heterocycles. The molecule has 0 fully saturated rings. The smallest absolute Gasteiger partial charge is 0.342 e. The second kappa shape index (κ2) is 8.94. The summed E-state index contributed by atoms with van der Waals surface area (Å²) in [5.74, 6) is -0.349. The number of hydrogen-bond donors (Lipinski definition) is 1. The molecule has 2 aromatic heterocycles. The van der Waals surface area contributed by atoms with Crippen molar-refractivity contribution in [2.24, 2.45) is 0 Å². The summed E-state index contributed by atoms with van der Waals surface area (Å²) in [6, 6.07) is 7.62. The topological polar surface area (TPSA) is 103 Å². The monoisotopic (exact) mass is 411 g/mol. The van der Waals surface area contributed by atoms with Crippen molar-refractivity contribution >= 4 is 28.7 Å². The quantitative estimate of drug-likeness (QED) is 0.596. The van der Waals surface area contributed by atoms with E-state index in [0.29, 0.717) is 11.6 Å². The molecule has 8 heteroatoms. The lowest BCUT2D eigenvalue weighted by Gasteiger charge is -2.11. The van der Waals surface area contributed by atoms with E-state index in [9.17, 15) is 14.4 Å². The number of amides is 1. The average molecular weight is 411 g/mol. The molecule has 158 valence electrons. The summed E-state index contributed by atoms with van der Waals surface area (Å²) in [6.45, 7) is 7.42. The Balaban J connectivity index is 1.82. The fraction of sp³-hybridized carbons (Fsp3) is 0.364. The van der Waals surface area contributed by atoms with E-state index in [2.05, 4.69) is 24.1 Å². The molecule has 0 saturated carbocycles. The highest BCUT2D eigenvalue weighted by Gasteiger charge is 2.24. The highest BCUT2D eigenvalue weighted by atomic mass is 16.5. The number of aromatic nitrogens is 2. The second-order valence-electron chi connectivity index (χ2n) is 7.09. The van der Waals surface area contributed by atoms with Crippen LogP contribution in [0.15, 0.2) is 39.8 Å². The van der Waals surface area contributed by atoms with Crippen molar-refractivity contribution < 1.29 is 18.7 Å². The molecule has 0 aliphatic carbocycles. The van der Waals surface area contributed by atoms with Crippen LogP contribution in [0.1, 0.15) is 54.8 Å². The summed E-state index contributed by atoms with van der Waals surface area (Å²) in [5.41, 5.74) is 1.38. The third-order valence-corrected chi connectivity index (χ3v) is 5.02. The van der Waals surface area contributed by atoms with E-state index < -0.39 is 11.5 Å². The van der Waals surface area contributed by atoms with Crippen LogP contribution in [0.25, 0.3) is 11.1 Å². The Labute approximate surface area is 173 Å². The zero-order chi connectivity index (χ0) is 21.8. The number of esters is 1. The summed E-state index contributed by atoms with van der Waals surface area (Å²) in [5, 5.41) is 2.78. The van der Waals surface area contributed by atoms with E-state index in [0.717, 1.165) is 11.0 Å². The van der Waals surface area contributed by atoms with Crippen LogP contribution < -0.4 is 10.9 Å². The lowest BCUT2D eigenvalue weighted by Crippen LogP contribution is -2.28. The van der Waals surface area contributed by atoms with Crippen molar-refractivity contribution in [3.63, 3.8) is 0 Å². The number of benzene rings is 1. The van der Waals surface area contributed by atoms with Crippen LogP contribution in [0.2, 0.25) is 0 Å². The SMILES string of the molecule is CCOC(=O)c1c(C)oc2ncn(CC(=O)Nc3ccc([C@H](C)CC)cc3)c(=O)c12. The van der Waals surface area contributed by atoms with Gasteiger partial charge in [0.2, 0.25) is 11.6 Å². The first-order chi connectivity index (χ1) is 14.3. The maximum Gasteiger partial charge on any atom is 0.342 e. The first-order valence-electron chi connectivity index (χ1n) is 9.91. The molecular formula is C22H25N3O5. The summed E-state index contributed by atoms with van der Waals surface area (Å²) < 4.78 is 11.6. The molecule has 0 unspecified atom stereocenters. The Bertz CT molecular complexity index is 1130. The van der Waals surface area contributed by atoms with Gasteiger partial charge in [0.15, 0.2) is 0 Å². The fourth-order valence-electron chi connectivity index (χ4n) is 3.19. The third kappa shape index (κ3) is 4.27. The first-order valence-corrected chi connectivity index (χ1v) is 9.91. The number of carbonyl (C=O) groups is 2. The van der Waals surface area contributed by atoms with Crippen LogP contribution in [0, 0.1) is 6.92 Å². The number of carbonyl (C=O) groups excluding carboxylic acids is 2. The Morgan fingerprint density at radius 2 is 1.93 bits per heavy atom. The minimum atomic E-state index is -0.656. The lowest BCUT2D eigenvalue weighted by molar-refractivity contribution is -0.116. The third-order valence-electron chi connectivity index (χ3n) is 5.02. The number of fused-ring (bicyclic) bond motifs is 1. The fourth-order valence-corrected chi connectivity index (χ4v) is 3.19. The first kappa shape index (κ1) is 21.3. The van der Waals surface area contributed by atoms with Crippen molar-refractivity contribution in [1.82, 2.24) is 9.55 Å². The van der Waals surface area contributed by atoms with Gasteiger partial charge < -0.3 is 14.5 Å². The largest absolute Gasteiger partial charge is 0.462 e. The van der Waals surface area contributed by atoms with Crippen LogP contribution in [-0.4, -0.2) is 28.0 Å². The average Bonchev–Trinajstić information content (AvgIpc) is 3.07. The second-order valence-corrected chi connectivity index (χ2v) is 7.09. The minimum absolute atomic E-state index is 0.0131. The Kier molecular flexibility index (Phi) is 6.34. The van der Waals surface area contributed by atoms with E-state index in [1.807, 2.05) is 24.3 Å². The molecule has 1 amide bonds. The number of nitrogens with one attached hydrogen (secondary N) is 1. The maximum absolute atomic E-state index is 12.9. The van der Waals surface area contributed by atoms with Crippen molar-refractivity contribution in [2.45, 2.75) is 46.6 Å². The molecule has 0 bridgehead atoms. The highest BCUT2D eigenvalue weighted by molar-refractivity contribution is 6.03. The predicted molar refractivity (Wildman–Crippen MR) is 113 cm³/mol. The highest BCUT2D eigenvalue weighted by Crippen LogP contribution is 2.22. The lowest BCUT2D eigenvalue weighted by atomic mass is 9.99. The molecule has 2 heterocycles. The van der Waals surface area contributed by atoms with Crippen LogP contribution in [-0.2, 0) is 16.1 Å². The number of hydrogen-bond acceptors (Lipinski definition) is 6. The van der Waals surface area contributed by atoms with E-state index in [1.54, 1.807) is 13.8 Å². The number of nitrogens with zero attached hydrogens (tertiary/aromatic N) is 2. The minimum Gasteiger partial charge on any atom is -0.462 e. The molecular weight excluding hydrogens is 386 g/mol. The van der Waals surface area contributed by atoms with E-state index in [1.165, 1.54) is 11.9 Å². The van der Waals surface area contributed by atoms with Gasteiger partial charge in [0.25, 0.3) is 5.56 Å². The number of anilines is 1. The van der Waals surface area contributed by atoms with Crippen molar-refractivity contribution in [2.75, 3.05) is 11.9 Å². The van der Waals surface area contributed by atoms with Gasteiger partial charge in [-0.1, -0.05) is 26.0 Å². The molecule has 1 atom stereocenters. The van der Waals surface area contributed by atoms with Gasteiger partial charge in [0.05, 0.1) is 6.61 Å². The van der Waals surface area contributed by atoms with Crippen molar-refractivity contribution in [3.8, 4) is 0 Å². The standard InChI is InChI=1S/C22H25N3O5/c1-5-13(3)15-7-9-16(10-8-15)24-17(26)11-25-12-23-20-19(21(25)27)18(14(4)30-20)22(28)29-6-2/h7-10,12-13H,5-6,11H2,1-4H3,(H,24,26)/t13-/m1/s1. The molecule has 0 aliphatic heterocycles. The zero-order valence-electron chi connectivity index (χ0n) is 17.5. The summed E-state index contributed by atoms with van der Waals surface area (Å²) >= 11 is 0. The van der Waals surface area contributed by atoms with Crippen LogP contribution in [0.4, 0.5) is 5.69 Å². The van der Waals surface area contributed by atoms with Gasteiger partial charge in [-0.25, -0.2) is 9.78 Å².